The highest BCUT2D eigenvalue weighted by Gasteiger charge is 2.15. The summed E-state index contributed by atoms with van der Waals surface area (Å²) in [6.45, 7) is 4.44. The lowest BCUT2D eigenvalue weighted by Crippen LogP contribution is -2.27. The average Bonchev–Trinajstić information content (AvgIpc) is 3.27. The third-order valence-electron chi connectivity index (χ3n) is 3.95. The minimum Gasteiger partial charge on any atom is -0.466 e. The maximum atomic E-state index is 12.0. The zero-order chi connectivity index (χ0) is 17.8. The number of benzene rings is 1. The van der Waals surface area contributed by atoms with E-state index in [1.54, 1.807) is 12.1 Å². The van der Waals surface area contributed by atoms with Crippen molar-refractivity contribution < 1.29 is 14.3 Å². The van der Waals surface area contributed by atoms with Gasteiger partial charge in [-0.15, -0.1) is 11.3 Å². The van der Waals surface area contributed by atoms with Crippen LogP contribution in [-0.2, 0) is 6.54 Å². The molecular formula is C19H20N2O3S. The van der Waals surface area contributed by atoms with Crippen LogP contribution in [0.5, 0.6) is 0 Å². The minimum absolute atomic E-state index is 0.259. The summed E-state index contributed by atoms with van der Waals surface area (Å²) in [6, 6.07) is 12.8. The first-order chi connectivity index (χ1) is 12.0. The summed E-state index contributed by atoms with van der Waals surface area (Å²) in [4.78, 5) is 13.8. The number of furan rings is 1. The zero-order valence-corrected chi connectivity index (χ0v) is 14.9. The van der Waals surface area contributed by atoms with Crippen LogP contribution in [0.4, 0.5) is 10.5 Å². The second-order valence-corrected chi connectivity index (χ2v) is 7.03. The highest BCUT2D eigenvalue weighted by atomic mass is 32.1. The van der Waals surface area contributed by atoms with Gasteiger partial charge in [-0.2, -0.15) is 0 Å². The molecule has 3 N–H and O–H groups in total. The lowest BCUT2D eigenvalue weighted by Gasteiger charge is -2.08. The van der Waals surface area contributed by atoms with Gasteiger partial charge in [-0.3, -0.25) is 0 Å². The molecule has 1 aromatic carbocycles. The second-order valence-electron chi connectivity index (χ2n) is 5.83. The van der Waals surface area contributed by atoms with Crippen LogP contribution in [0.1, 0.15) is 32.7 Å². The van der Waals surface area contributed by atoms with Crippen molar-refractivity contribution in [1.82, 2.24) is 5.32 Å². The molecule has 0 spiro atoms. The van der Waals surface area contributed by atoms with E-state index in [0.29, 0.717) is 12.3 Å². The maximum Gasteiger partial charge on any atom is 0.319 e. The molecule has 0 aliphatic heterocycles. The number of nitrogens with one attached hydrogen (secondary N) is 2. The largest absolute Gasteiger partial charge is 0.466 e. The quantitative estimate of drug-likeness (QED) is 0.636. The van der Waals surface area contributed by atoms with Gasteiger partial charge in [0.15, 0.2) is 0 Å². The molecule has 0 fully saturated rings. The van der Waals surface area contributed by atoms with Crippen molar-refractivity contribution >= 4 is 23.1 Å². The third-order valence-corrected chi connectivity index (χ3v) is 5.09. The molecule has 2 amide bonds. The molecular weight excluding hydrogens is 336 g/mol. The van der Waals surface area contributed by atoms with E-state index in [9.17, 15) is 9.90 Å². The Kier molecular flexibility index (Phi) is 5.21. The van der Waals surface area contributed by atoms with E-state index < -0.39 is 6.10 Å². The fraction of sp³-hybridized carbons (Fsp3) is 0.211. The Bertz CT molecular complexity index is 855. The maximum absolute atomic E-state index is 12.0. The Morgan fingerprint density at radius 2 is 2.04 bits per heavy atom. The number of thiophene rings is 1. The van der Waals surface area contributed by atoms with Crippen LogP contribution in [0.2, 0.25) is 0 Å². The van der Waals surface area contributed by atoms with Crippen LogP contribution in [-0.4, -0.2) is 11.1 Å². The van der Waals surface area contributed by atoms with E-state index in [0.717, 1.165) is 21.0 Å². The van der Waals surface area contributed by atoms with Crippen LogP contribution in [0.15, 0.2) is 53.1 Å². The van der Waals surface area contributed by atoms with Gasteiger partial charge in [0, 0.05) is 15.4 Å². The van der Waals surface area contributed by atoms with Gasteiger partial charge in [-0.25, -0.2) is 4.79 Å². The van der Waals surface area contributed by atoms with Crippen molar-refractivity contribution in [3.8, 4) is 0 Å². The minimum atomic E-state index is -0.780. The van der Waals surface area contributed by atoms with Crippen LogP contribution in [0.3, 0.4) is 0 Å². The van der Waals surface area contributed by atoms with E-state index in [-0.39, 0.29) is 6.03 Å². The topological polar surface area (TPSA) is 74.5 Å². The molecule has 5 nitrogen and oxygen atoms in total. The molecule has 25 heavy (non-hydrogen) atoms. The molecule has 0 radical (unpaired) electrons. The summed E-state index contributed by atoms with van der Waals surface area (Å²) in [6.07, 6.45) is 0.754. The lowest BCUT2D eigenvalue weighted by atomic mass is 10.1. The number of anilines is 1. The number of rotatable bonds is 5. The summed E-state index contributed by atoms with van der Waals surface area (Å²) >= 11 is 1.44. The van der Waals surface area contributed by atoms with Gasteiger partial charge in [-0.1, -0.05) is 6.07 Å². The van der Waals surface area contributed by atoms with E-state index in [4.69, 9.17) is 4.42 Å². The first-order valence-corrected chi connectivity index (χ1v) is 8.77. The molecule has 1 unspecified atom stereocenters. The lowest BCUT2D eigenvalue weighted by molar-refractivity contribution is 0.193. The summed E-state index contributed by atoms with van der Waals surface area (Å²) in [5.41, 5.74) is 3.08. The molecule has 2 heterocycles. The Balaban J connectivity index is 1.55. The number of carbonyl (C=O) groups is 1. The zero-order valence-electron chi connectivity index (χ0n) is 14.1. The van der Waals surface area contributed by atoms with E-state index >= 15 is 0 Å². The Labute approximate surface area is 150 Å². The molecule has 3 aromatic rings. The van der Waals surface area contributed by atoms with Crippen molar-refractivity contribution in [2.24, 2.45) is 0 Å². The number of aliphatic hydroxyl groups excluding tert-OH is 1. The summed E-state index contributed by atoms with van der Waals surface area (Å²) in [5, 5.41) is 15.9. The van der Waals surface area contributed by atoms with E-state index in [2.05, 4.69) is 10.6 Å². The number of carbonyl (C=O) groups excluding carboxylic acids is 1. The number of aliphatic hydroxyl groups is 1. The van der Waals surface area contributed by atoms with Gasteiger partial charge < -0.3 is 20.2 Å². The number of amides is 2. The molecule has 130 valence electrons. The van der Waals surface area contributed by atoms with Gasteiger partial charge in [0.05, 0.1) is 12.8 Å². The smallest absolute Gasteiger partial charge is 0.319 e. The van der Waals surface area contributed by atoms with Crippen LogP contribution < -0.4 is 10.6 Å². The SMILES string of the molecule is Cc1ccc(NC(=O)NCc2ccc(C(O)c3ccco3)s2)cc1C. The second kappa shape index (κ2) is 7.55. The molecule has 0 aliphatic rings. The Morgan fingerprint density at radius 1 is 1.20 bits per heavy atom. The van der Waals surface area contributed by atoms with Crippen molar-refractivity contribution in [2.75, 3.05) is 5.32 Å². The standard InChI is InChI=1S/C19H20N2O3S/c1-12-5-6-14(10-13(12)2)21-19(23)20-11-15-7-8-17(25-15)18(22)16-4-3-9-24-16/h3-10,18,22H,11H2,1-2H3,(H2,20,21,23). The Hall–Kier alpha value is -2.57. The molecule has 3 rings (SSSR count). The molecule has 0 saturated heterocycles. The van der Waals surface area contributed by atoms with Crippen LogP contribution in [0.25, 0.3) is 0 Å². The van der Waals surface area contributed by atoms with Gasteiger partial charge >= 0.3 is 6.03 Å². The number of hydrogen-bond acceptors (Lipinski definition) is 4. The Morgan fingerprint density at radius 3 is 2.76 bits per heavy atom. The normalized spacial score (nSPS) is 12.0. The van der Waals surface area contributed by atoms with Crippen LogP contribution >= 0.6 is 11.3 Å². The molecule has 6 heteroatoms. The van der Waals surface area contributed by atoms with Crippen molar-refractivity contribution in [2.45, 2.75) is 26.5 Å². The van der Waals surface area contributed by atoms with E-state index in [1.807, 2.05) is 44.2 Å². The monoisotopic (exact) mass is 356 g/mol. The first kappa shape index (κ1) is 17.3. The molecule has 0 saturated carbocycles. The first-order valence-electron chi connectivity index (χ1n) is 7.95. The van der Waals surface area contributed by atoms with Crippen molar-refractivity contribution in [3.05, 3.63) is 75.4 Å². The summed E-state index contributed by atoms with van der Waals surface area (Å²) in [7, 11) is 0. The van der Waals surface area contributed by atoms with Gasteiger partial charge in [-0.05, 0) is 61.4 Å². The molecule has 2 aromatic heterocycles. The predicted molar refractivity (Wildman–Crippen MR) is 98.9 cm³/mol. The van der Waals surface area contributed by atoms with Gasteiger partial charge in [0.25, 0.3) is 0 Å². The number of hydrogen-bond donors (Lipinski definition) is 3. The van der Waals surface area contributed by atoms with Crippen LogP contribution in [0, 0.1) is 13.8 Å². The number of aryl methyl sites for hydroxylation is 2. The summed E-state index contributed by atoms with van der Waals surface area (Å²) < 4.78 is 5.22. The highest BCUT2D eigenvalue weighted by Crippen LogP contribution is 2.28. The molecule has 0 aliphatic carbocycles. The summed E-state index contributed by atoms with van der Waals surface area (Å²) in [5.74, 6) is 0.508. The van der Waals surface area contributed by atoms with E-state index in [1.165, 1.54) is 23.2 Å². The van der Waals surface area contributed by atoms with Crippen molar-refractivity contribution in [3.63, 3.8) is 0 Å². The van der Waals surface area contributed by atoms with Gasteiger partial charge in [0.1, 0.15) is 11.9 Å². The highest BCUT2D eigenvalue weighted by molar-refractivity contribution is 7.12. The number of urea groups is 1. The van der Waals surface area contributed by atoms with Gasteiger partial charge in [0.2, 0.25) is 0 Å². The average molecular weight is 356 g/mol. The molecule has 1 atom stereocenters. The molecule has 0 bridgehead atoms. The fourth-order valence-electron chi connectivity index (χ4n) is 2.39. The fourth-order valence-corrected chi connectivity index (χ4v) is 3.33. The van der Waals surface area contributed by atoms with Crippen molar-refractivity contribution in [1.29, 1.82) is 0 Å². The third kappa shape index (κ3) is 4.29. The predicted octanol–water partition coefficient (Wildman–Crippen LogP) is 4.36.